The highest BCUT2D eigenvalue weighted by molar-refractivity contribution is 5.11. The summed E-state index contributed by atoms with van der Waals surface area (Å²) < 4.78 is 20.6. The predicted molar refractivity (Wildman–Crippen MR) is 126 cm³/mol. The van der Waals surface area contributed by atoms with Gasteiger partial charge in [-0.3, -0.25) is 0 Å². The molecule has 31 heavy (non-hydrogen) atoms. The summed E-state index contributed by atoms with van der Waals surface area (Å²) in [5.41, 5.74) is 1.06. The van der Waals surface area contributed by atoms with Crippen molar-refractivity contribution in [2.75, 3.05) is 6.61 Å². The molecule has 2 saturated carbocycles. The van der Waals surface area contributed by atoms with Crippen molar-refractivity contribution in [2.24, 2.45) is 23.7 Å². The Balaban J connectivity index is 1.30. The van der Waals surface area contributed by atoms with E-state index in [1.54, 1.807) is 0 Å². The normalized spacial score (nSPS) is 27.7. The fraction of sp³-hybridized carbons (Fsp3) is 0.852. The first-order valence-corrected chi connectivity index (χ1v) is 13.3. The Morgan fingerprint density at radius 2 is 1.55 bits per heavy atom. The Morgan fingerprint density at radius 1 is 0.871 bits per heavy atom. The maximum atomic E-state index is 15.0. The minimum absolute atomic E-state index is 0.346. The van der Waals surface area contributed by atoms with Crippen LogP contribution in [0.5, 0.6) is 5.88 Å². The van der Waals surface area contributed by atoms with Crippen molar-refractivity contribution < 1.29 is 9.13 Å². The smallest absolute Gasteiger partial charge is 0.233 e. The van der Waals surface area contributed by atoms with E-state index >= 15 is 0 Å². The molecule has 0 saturated heterocycles. The van der Waals surface area contributed by atoms with Crippen LogP contribution in [0.15, 0.2) is 12.1 Å². The van der Waals surface area contributed by atoms with E-state index in [4.69, 9.17) is 4.74 Å². The molecule has 2 aliphatic carbocycles. The quantitative estimate of drug-likeness (QED) is 0.317. The van der Waals surface area contributed by atoms with E-state index in [-0.39, 0.29) is 0 Å². The minimum atomic E-state index is -0.558. The topological polar surface area (TPSA) is 35.0 Å². The van der Waals surface area contributed by atoms with Crippen LogP contribution in [0.25, 0.3) is 0 Å². The number of aromatic nitrogens is 2. The van der Waals surface area contributed by atoms with Gasteiger partial charge >= 0.3 is 0 Å². The van der Waals surface area contributed by atoms with Crippen LogP contribution in [0.3, 0.4) is 0 Å². The van der Waals surface area contributed by atoms with Gasteiger partial charge in [0.15, 0.2) is 0 Å². The van der Waals surface area contributed by atoms with Crippen LogP contribution in [-0.4, -0.2) is 23.0 Å². The number of unbranched alkanes of at least 4 members (excludes halogenated alkanes) is 1. The molecule has 3 rings (SSSR count). The van der Waals surface area contributed by atoms with Crippen molar-refractivity contribution in [3.63, 3.8) is 0 Å². The van der Waals surface area contributed by atoms with Gasteiger partial charge in [-0.25, -0.2) is 4.39 Å². The summed E-state index contributed by atoms with van der Waals surface area (Å²) in [6, 6.07) is 4.01. The van der Waals surface area contributed by atoms with Gasteiger partial charge in [-0.2, -0.15) is 5.10 Å². The molecule has 1 heterocycles. The Hall–Kier alpha value is -1.19. The number of nitrogens with zero attached hydrogens (tertiary/aromatic N) is 2. The predicted octanol–water partition coefficient (Wildman–Crippen LogP) is 7.73. The Labute approximate surface area is 190 Å². The Kier molecular flexibility index (Phi) is 10.6. The average Bonchev–Trinajstić information content (AvgIpc) is 2.80. The molecule has 1 atom stereocenters. The third-order valence-corrected chi connectivity index (χ3v) is 7.88. The summed E-state index contributed by atoms with van der Waals surface area (Å²) in [6.45, 7) is 5.14. The van der Waals surface area contributed by atoms with E-state index in [1.807, 2.05) is 6.07 Å². The molecule has 176 valence electrons. The number of halogens is 1. The van der Waals surface area contributed by atoms with Gasteiger partial charge in [-0.05, 0) is 68.3 Å². The highest BCUT2D eigenvalue weighted by Gasteiger charge is 2.30. The number of rotatable bonds is 12. The standard InChI is InChI=1S/C27H45FN2O/c1-3-5-19-31-27-18-17-25(29-30-27)16-13-22-7-9-23(10-8-22)20-26(28)24-14-11-21(6-4-2)12-15-24/h17-18,21-24,26H,3-16,19-20H2,1-2H3. The van der Waals surface area contributed by atoms with Gasteiger partial charge in [0.05, 0.1) is 12.3 Å². The van der Waals surface area contributed by atoms with Crippen molar-refractivity contribution in [3.8, 4) is 5.88 Å². The zero-order valence-electron chi connectivity index (χ0n) is 20.0. The van der Waals surface area contributed by atoms with Crippen molar-refractivity contribution in [2.45, 2.75) is 116 Å². The molecule has 1 unspecified atom stereocenters. The first-order valence-electron chi connectivity index (χ1n) is 13.3. The number of alkyl halides is 1. The van der Waals surface area contributed by atoms with Gasteiger partial charge in [0, 0.05) is 6.07 Å². The van der Waals surface area contributed by atoms with Crippen LogP contribution < -0.4 is 4.74 Å². The second kappa shape index (κ2) is 13.4. The first kappa shape index (κ1) is 24.5. The number of hydrogen-bond donors (Lipinski definition) is 0. The second-order valence-electron chi connectivity index (χ2n) is 10.3. The summed E-state index contributed by atoms with van der Waals surface area (Å²) in [6.07, 6.45) is 17.0. The van der Waals surface area contributed by atoms with E-state index in [9.17, 15) is 4.39 Å². The molecule has 1 aromatic rings. The van der Waals surface area contributed by atoms with Crippen molar-refractivity contribution in [1.29, 1.82) is 0 Å². The van der Waals surface area contributed by atoms with Crippen molar-refractivity contribution in [1.82, 2.24) is 10.2 Å². The minimum Gasteiger partial charge on any atom is -0.477 e. The molecule has 0 spiro atoms. The lowest BCUT2D eigenvalue weighted by molar-refractivity contribution is 0.114. The Morgan fingerprint density at radius 3 is 2.19 bits per heavy atom. The largest absolute Gasteiger partial charge is 0.477 e. The van der Waals surface area contributed by atoms with Gasteiger partial charge in [0.2, 0.25) is 5.88 Å². The fourth-order valence-electron chi connectivity index (χ4n) is 5.74. The van der Waals surface area contributed by atoms with Gasteiger partial charge in [0.25, 0.3) is 0 Å². The first-order chi connectivity index (χ1) is 15.2. The second-order valence-corrected chi connectivity index (χ2v) is 10.3. The lowest BCUT2D eigenvalue weighted by Crippen LogP contribution is -2.26. The van der Waals surface area contributed by atoms with E-state index in [0.29, 0.717) is 24.3 Å². The molecule has 3 nitrogen and oxygen atoms in total. The molecule has 0 bridgehead atoms. The summed E-state index contributed by atoms with van der Waals surface area (Å²) in [7, 11) is 0. The van der Waals surface area contributed by atoms with E-state index in [1.165, 1.54) is 57.8 Å². The third kappa shape index (κ3) is 8.35. The van der Waals surface area contributed by atoms with Crippen molar-refractivity contribution in [3.05, 3.63) is 17.8 Å². The van der Waals surface area contributed by atoms with E-state index in [0.717, 1.165) is 56.1 Å². The maximum absolute atomic E-state index is 15.0. The molecule has 0 radical (unpaired) electrons. The number of aryl methyl sites for hydroxylation is 1. The van der Waals surface area contributed by atoms with Gasteiger partial charge in [-0.15, -0.1) is 5.10 Å². The maximum Gasteiger partial charge on any atom is 0.233 e. The van der Waals surface area contributed by atoms with Crippen LogP contribution in [0.4, 0.5) is 4.39 Å². The average molecular weight is 433 g/mol. The van der Waals surface area contributed by atoms with Crippen LogP contribution in [0.1, 0.15) is 109 Å². The molecule has 2 aliphatic rings. The van der Waals surface area contributed by atoms with Crippen LogP contribution >= 0.6 is 0 Å². The monoisotopic (exact) mass is 432 g/mol. The molecule has 4 heteroatoms. The molecule has 1 aromatic heterocycles. The zero-order valence-corrected chi connectivity index (χ0v) is 20.0. The third-order valence-electron chi connectivity index (χ3n) is 7.88. The lowest BCUT2D eigenvalue weighted by Gasteiger charge is -2.34. The van der Waals surface area contributed by atoms with Gasteiger partial charge in [0.1, 0.15) is 6.17 Å². The van der Waals surface area contributed by atoms with Gasteiger partial charge in [-0.1, -0.05) is 71.6 Å². The summed E-state index contributed by atoms with van der Waals surface area (Å²) in [5, 5.41) is 8.54. The fourth-order valence-corrected chi connectivity index (χ4v) is 5.74. The molecule has 0 aliphatic heterocycles. The molecular formula is C27H45FN2O. The molecular weight excluding hydrogens is 387 g/mol. The van der Waals surface area contributed by atoms with E-state index < -0.39 is 6.17 Å². The molecule has 0 N–H and O–H groups in total. The van der Waals surface area contributed by atoms with Crippen LogP contribution in [0.2, 0.25) is 0 Å². The zero-order chi connectivity index (χ0) is 21.9. The molecule has 0 aromatic carbocycles. The number of ether oxygens (including phenoxy) is 1. The van der Waals surface area contributed by atoms with Crippen molar-refractivity contribution >= 4 is 0 Å². The highest BCUT2D eigenvalue weighted by Crippen LogP contribution is 2.39. The summed E-state index contributed by atoms with van der Waals surface area (Å²) in [4.78, 5) is 0. The van der Waals surface area contributed by atoms with Crippen LogP contribution in [-0.2, 0) is 6.42 Å². The molecule has 0 amide bonds. The molecule has 2 fully saturated rings. The summed E-state index contributed by atoms with van der Waals surface area (Å²) >= 11 is 0. The lowest BCUT2D eigenvalue weighted by atomic mass is 9.73. The highest BCUT2D eigenvalue weighted by atomic mass is 19.1. The Bertz CT molecular complexity index is 592. The van der Waals surface area contributed by atoms with Crippen LogP contribution in [0, 0.1) is 23.7 Å². The summed E-state index contributed by atoms with van der Waals surface area (Å²) in [5.74, 6) is 3.23. The SMILES string of the molecule is CCCCOc1ccc(CCC2CCC(CC(F)C3CCC(CCC)CC3)CC2)nn1. The number of hydrogen-bond acceptors (Lipinski definition) is 3. The van der Waals surface area contributed by atoms with Gasteiger partial charge < -0.3 is 4.74 Å². The van der Waals surface area contributed by atoms with E-state index in [2.05, 4.69) is 30.1 Å².